The minimum atomic E-state index is -1.27. The van der Waals surface area contributed by atoms with Crippen LogP contribution in [0, 0.1) is 32.6 Å². The Labute approximate surface area is 149 Å². The van der Waals surface area contributed by atoms with Crippen LogP contribution in [-0.2, 0) is 5.60 Å². The SMILES string of the molecule is Cc1cc(C)c(C#CC2(O)c3ccccc3-c3ccccc32)c(C)c1. The third-order valence-corrected chi connectivity index (χ3v) is 4.97. The zero-order valence-corrected chi connectivity index (χ0v) is 14.7. The summed E-state index contributed by atoms with van der Waals surface area (Å²) in [6.07, 6.45) is 0. The first-order valence-corrected chi connectivity index (χ1v) is 8.53. The van der Waals surface area contributed by atoms with Gasteiger partial charge in [-0.2, -0.15) is 0 Å². The number of benzene rings is 3. The van der Waals surface area contributed by atoms with Gasteiger partial charge in [-0.25, -0.2) is 0 Å². The molecule has 0 fully saturated rings. The second-order valence-corrected chi connectivity index (χ2v) is 6.83. The number of fused-ring (bicyclic) bond motifs is 3. The first kappa shape index (κ1) is 15.7. The zero-order valence-electron chi connectivity index (χ0n) is 14.7. The Morgan fingerprint density at radius 1 is 0.760 bits per heavy atom. The molecule has 0 atom stereocenters. The van der Waals surface area contributed by atoms with Crippen LogP contribution in [0.25, 0.3) is 11.1 Å². The van der Waals surface area contributed by atoms with E-state index < -0.39 is 5.60 Å². The topological polar surface area (TPSA) is 20.2 Å². The smallest absolute Gasteiger partial charge is 0.178 e. The molecular weight excluding hydrogens is 304 g/mol. The van der Waals surface area contributed by atoms with E-state index in [1.807, 2.05) is 36.4 Å². The summed E-state index contributed by atoms with van der Waals surface area (Å²) in [4.78, 5) is 0. The van der Waals surface area contributed by atoms with Crippen molar-refractivity contribution < 1.29 is 5.11 Å². The van der Waals surface area contributed by atoms with Crippen molar-refractivity contribution in [2.24, 2.45) is 0 Å². The Bertz CT molecular complexity index is 978. The second-order valence-electron chi connectivity index (χ2n) is 6.83. The van der Waals surface area contributed by atoms with E-state index in [2.05, 4.69) is 56.9 Å². The van der Waals surface area contributed by atoms with E-state index in [1.54, 1.807) is 0 Å². The van der Waals surface area contributed by atoms with Crippen LogP contribution in [0.15, 0.2) is 60.7 Å². The fourth-order valence-corrected chi connectivity index (χ4v) is 3.88. The molecule has 4 rings (SSSR count). The maximum Gasteiger partial charge on any atom is 0.178 e. The van der Waals surface area contributed by atoms with Gasteiger partial charge in [0.1, 0.15) is 0 Å². The average molecular weight is 324 g/mol. The predicted molar refractivity (Wildman–Crippen MR) is 102 cm³/mol. The fourth-order valence-electron chi connectivity index (χ4n) is 3.88. The lowest BCUT2D eigenvalue weighted by atomic mass is 9.91. The lowest BCUT2D eigenvalue weighted by molar-refractivity contribution is 0.150. The van der Waals surface area contributed by atoms with Crippen molar-refractivity contribution in [2.75, 3.05) is 0 Å². The molecule has 1 aliphatic rings. The van der Waals surface area contributed by atoms with Crippen molar-refractivity contribution in [2.45, 2.75) is 26.4 Å². The lowest BCUT2D eigenvalue weighted by Crippen LogP contribution is -2.22. The van der Waals surface area contributed by atoms with Gasteiger partial charge in [0, 0.05) is 16.7 Å². The van der Waals surface area contributed by atoms with Crippen LogP contribution in [0.5, 0.6) is 0 Å². The molecule has 0 radical (unpaired) electrons. The number of rotatable bonds is 0. The predicted octanol–water partition coefficient (Wildman–Crippen LogP) is 4.88. The number of aryl methyl sites for hydroxylation is 3. The Hall–Kier alpha value is -2.82. The highest BCUT2D eigenvalue weighted by Crippen LogP contribution is 2.46. The summed E-state index contributed by atoms with van der Waals surface area (Å²) in [7, 11) is 0. The molecule has 3 aromatic carbocycles. The van der Waals surface area contributed by atoms with Crippen LogP contribution in [0.1, 0.15) is 33.4 Å². The van der Waals surface area contributed by atoms with Gasteiger partial charge in [-0.05, 0) is 43.0 Å². The lowest BCUT2D eigenvalue weighted by Gasteiger charge is -2.19. The summed E-state index contributed by atoms with van der Waals surface area (Å²) in [6.45, 7) is 6.24. The van der Waals surface area contributed by atoms with Gasteiger partial charge in [0.25, 0.3) is 0 Å². The van der Waals surface area contributed by atoms with E-state index in [0.717, 1.165) is 38.9 Å². The molecule has 0 heterocycles. The van der Waals surface area contributed by atoms with Crippen LogP contribution >= 0.6 is 0 Å². The van der Waals surface area contributed by atoms with Gasteiger partial charge >= 0.3 is 0 Å². The van der Waals surface area contributed by atoms with Crippen molar-refractivity contribution in [1.82, 2.24) is 0 Å². The third kappa shape index (κ3) is 2.38. The molecule has 0 unspecified atom stereocenters. The highest BCUT2D eigenvalue weighted by atomic mass is 16.3. The maximum absolute atomic E-state index is 11.5. The van der Waals surface area contributed by atoms with Crippen molar-refractivity contribution >= 4 is 0 Å². The monoisotopic (exact) mass is 324 g/mol. The Morgan fingerprint density at radius 2 is 1.24 bits per heavy atom. The summed E-state index contributed by atoms with van der Waals surface area (Å²) in [5, 5.41) is 11.5. The molecule has 122 valence electrons. The van der Waals surface area contributed by atoms with E-state index >= 15 is 0 Å². The average Bonchev–Trinajstić information content (AvgIpc) is 2.85. The fraction of sp³-hybridized carbons (Fsp3) is 0.167. The summed E-state index contributed by atoms with van der Waals surface area (Å²) < 4.78 is 0. The summed E-state index contributed by atoms with van der Waals surface area (Å²) >= 11 is 0. The van der Waals surface area contributed by atoms with Crippen LogP contribution in [0.2, 0.25) is 0 Å². The number of hydrogen-bond acceptors (Lipinski definition) is 1. The molecule has 0 aromatic heterocycles. The summed E-state index contributed by atoms with van der Waals surface area (Å²) in [6, 6.07) is 20.2. The van der Waals surface area contributed by atoms with Gasteiger partial charge < -0.3 is 5.11 Å². The largest absolute Gasteiger partial charge is 0.369 e. The van der Waals surface area contributed by atoms with Gasteiger partial charge in [0.2, 0.25) is 0 Å². The molecule has 0 aliphatic heterocycles. The summed E-state index contributed by atoms with van der Waals surface area (Å²) in [5.41, 5.74) is 7.12. The van der Waals surface area contributed by atoms with Crippen LogP contribution < -0.4 is 0 Å². The van der Waals surface area contributed by atoms with Crippen molar-refractivity contribution in [3.05, 3.63) is 94.0 Å². The molecule has 3 aromatic rings. The number of aliphatic hydroxyl groups is 1. The van der Waals surface area contributed by atoms with Crippen LogP contribution in [-0.4, -0.2) is 5.11 Å². The molecule has 0 saturated carbocycles. The van der Waals surface area contributed by atoms with E-state index in [9.17, 15) is 5.11 Å². The van der Waals surface area contributed by atoms with Gasteiger partial charge in [-0.15, -0.1) is 0 Å². The first-order valence-electron chi connectivity index (χ1n) is 8.53. The zero-order chi connectivity index (χ0) is 17.6. The minimum Gasteiger partial charge on any atom is -0.369 e. The Kier molecular flexibility index (Phi) is 3.53. The van der Waals surface area contributed by atoms with Crippen molar-refractivity contribution in [3.63, 3.8) is 0 Å². The summed E-state index contributed by atoms with van der Waals surface area (Å²) in [5.74, 6) is 6.47. The van der Waals surface area contributed by atoms with Crippen LogP contribution in [0.4, 0.5) is 0 Å². The molecule has 1 aliphatic carbocycles. The second kappa shape index (κ2) is 5.62. The molecule has 1 nitrogen and oxygen atoms in total. The van der Waals surface area contributed by atoms with Gasteiger partial charge in [0.15, 0.2) is 5.60 Å². The minimum absolute atomic E-state index is 0.867. The molecule has 0 saturated heterocycles. The molecular formula is C24H20O. The van der Waals surface area contributed by atoms with E-state index in [4.69, 9.17) is 0 Å². The molecule has 0 amide bonds. The van der Waals surface area contributed by atoms with Crippen molar-refractivity contribution in [3.8, 4) is 23.0 Å². The van der Waals surface area contributed by atoms with Gasteiger partial charge in [-0.3, -0.25) is 0 Å². The van der Waals surface area contributed by atoms with Crippen molar-refractivity contribution in [1.29, 1.82) is 0 Å². The highest BCUT2D eigenvalue weighted by molar-refractivity contribution is 5.82. The standard InChI is InChI=1S/C24H20O/c1-16-14-17(2)19(18(3)15-16)12-13-24(25)22-10-6-4-8-20(22)21-9-5-7-11-23(21)24/h4-11,14-15,25H,1-3H3. The molecule has 1 heteroatoms. The van der Waals surface area contributed by atoms with E-state index in [1.165, 1.54) is 5.56 Å². The van der Waals surface area contributed by atoms with Gasteiger partial charge in [-0.1, -0.05) is 78.1 Å². The molecule has 25 heavy (non-hydrogen) atoms. The molecule has 1 N–H and O–H groups in total. The van der Waals surface area contributed by atoms with E-state index in [0.29, 0.717) is 0 Å². The van der Waals surface area contributed by atoms with Crippen LogP contribution in [0.3, 0.4) is 0 Å². The maximum atomic E-state index is 11.5. The quantitative estimate of drug-likeness (QED) is 0.584. The third-order valence-electron chi connectivity index (χ3n) is 4.97. The van der Waals surface area contributed by atoms with E-state index in [-0.39, 0.29) is 0 Å². The normalized spacial score (nSPS) is 13.6. The molecule has 0 bridgehead atoms. The highest BCUT2D eigenvalue weighted by Gasteiger charge is 2.39. The first-order chi connectivity index (χ1) is 12.0. The number of hydrogen-bond donors (Lipinski definition) is 1. The molecule has 0 spiro atoms. The Balaban J connectivity index is 1.93. The Morgan fingerprint density at radius 3 is 1.76 bits per heavy atom. The van der Waals surface area contributed by atoms with Gasteiger partial charge in [0.05, 0.1) is 0 Å².